The third-order valence-electron chi connectivity index (χ3n) is 6.08. The van der Waals surface area contributed by atoms with Gasteiger partial charge in [-0.3, -0.25) is 19.3 Å². The smallest absolute Gasteiger partial charge is 0.294 e. The Balaban J connectivity index is 1.36. The molecule has 4 rings (SSSR count). The van der Waals surface area contributed by atoms with Gasteiger partial charge in [0, 0.05) is 31.9 Å². The molecule has 2 heterocycles. The molecule has 35 heavy (non-hydrogen) atoms. The van der Waals surface area contributed by atoms with Crippen molar-refractivity contribution in [3.8, 4) is 5.75 Å². The molecule has 9 heteroatoms. The Hall–Kier alpha value is -2.78. The molecule has 3 amide bonds. The molecule has 2 aliphatic heterocycles. The quantitative estimate of drug-likeness (QED) is 0.445. The number of para-hydroxylation sites is 1. The lowest BCUT2D eigenvalue weighted by Crippen LogP contribution is -2.51. The Kier molecular flexibility index (Phi) is 8.18. The van der Waals surface area contributed by atoms with Gasteiger partial charge in [0.05, 0.1) is 15.5 Å². The van der Waals surface area contributed by atoms with Gasteiger partial charge in [-0.15, -0.1) is 0 Å². The number of amides is 3. The molecule has 0 unspecified atom stereocenters. The van der Waals surface area contributed by atoms with Crippen LogP contribution in [0, 0.1) is 0 Å². The van der Waals surface area contributed by atoms with E-state index in [1.165, 1.54) is 0 Å². The lowest BCUT2D eigenvalue weighted by Gasteiger charge is -2.36. The number of piperazine rings is 1. The molecule has 0 N–H and O–H groups in total. The second kappa shape index (κ2) is 11.3. The van der Waals surface area contributed by atoms with Crippen LogP contribution in [-0.4, -0.2) is 65.7 Å². The molecule has 2 saturated heterocycles. The number of rotatable bonds is 7. The maximum atomic E-state index is 12.9. The summed E-state index contributed by atoms with van der Waals surface area (Å²) in [5.74, 6) is 0.0745. The molecule has 2 aromatic carbocycles. The zero-order valence-corrected chi connectivity index (χ0v) is 22.2. The van der Waals surface area contributed by atoms with Crippen LogP contribution in [0.4, 0.5) is 10.5 Å². The largest absolute Gasteiger partial charge is 0.490 e. The number of carbonyl (C=O) groups is 3. The molecule has 0 radical (unpaired) electrons. The van der Waals surface area contributed by atoms with E-state index in [1.807, 2.05) is 43.3 Å². The molecule has 1 atom stereocenters. The number of nitrogens with zero attached hydrogens (tertiary/aromatic N) is 3. The summed E-state index contributed by atoms with van der Waals surface area (Å²) in [4.78, 5) is 43.6. The van der Waals surface area contributed by atoms with E-state index in [0.717, 1.165) is 44.6 Å². The van der Waals surface area contributed by atoms with Crippen molar-refractivity contribution >= 4 is 56.5 Å². The molecule has 0 saturated carbocycles. The zero-order valence-electron chi connectivity index (χ0n) is 19.8. The number of hydrogen-bond donors (Lipinski definition) is 0. The summed E-state index contributed by atoms with van der Waals surface area (Å²) in [6, 6.07) is 15.6. The van der Waals surface area contributed by atoms with Gasteiger partial charge >= 0.3 is 0 Å². The first kappa shape index (κ1) is 25.3. The van der Waals surface area contributed by atoms with Crippen molar-refractivity contribution in [3.63, 3.8) is 0 Å². The predicted molar refractivity (Wildman–Crippen MR) is 142 cm³/mol. The molecule has 184 valence electrons. The summed E-state index contributed by atoms with van der Waals surface area (Å²) < 4.78 is 6.63. The van der Waals surface area contributed by atoms with Gasteiger partial charge in [-0.25, -0.2) is 0 Å². The summed E-state index contributed by atoms with van der Waals surface area (Å²) in [5.41, 5.74) is 1.89. The highest BCUT2D eigenvalue weighted by atomic mass is 79.9. The molecule has 2 aliphatic rings. The first-order valence-corrected chi connectivity index (χ1v) is 13.3. The number of halogens is 1. The van der Waals surface area contributed by atoms with E-state index < -0.39 is 11.1 Å². The second-order valence-corrected chi connectivity index (χ2v) is 10.3. The van der Waals surface area contributed by atoms with Gasteiger partial charge in [0.2, 0.25) is 5.91 Å². The highest BCUT2D eigenvalue weighted by Crippen LogP contribution is 2.34. The van der Waals surface area contributed by atoms with Crippen LogP contribution in [0.1, 0.15) is 25.8 Å². The predicted octanol–water partition coefficient (Wildman–Crippen LogP) is 5.01. The van der Waals surface area contributed by atoms with Gasteiger partial charge in [-0.1, -0.05) is 31.2 Å². The summed E-state index contributed by atoms with van der Waals surface area (Å²) in [7, 11) is 0. The molecule has 0 aromatic heterocycles. The first-order chi connectivity index (χ1) is 16.9. The van der Waals surface area contributed by atoms with Gasteiger partial charge in [0.1, 0.15) is 12.3 Å². The number of hydrogen-bond acceptors (Lipinski definition) is 6. The molecule has 2 aromatic rings. The van der Waals surface area contributed by atoms with Crippen LogP contribution in [0.2, 0.25) is 0 Å². The number of benzene rings is 2. The minimum Gasteiger partial charge on any atom is -0.490 e. The van der Waals surface area contributed by atoms with Crippen molar-refractivity contribution in [1.82, 2.24) is 9.80 Å². The van der Waals surface area contributed by atoms with Crippen LogP contribution >= 0.6 is 27.7 Å². The standard InChI is InChI=1S/C26H28BrN3O4S/c1-3-18(2)34-22-10-9-19(15-21(22)27)16-23-25(32)30(26(33)35-23)17-24(31)29-13-11-28(12-14-29)20-7-5-4-6-8-20/h4-10,15-16,18H,3,11-14,17H2,1-2H3/b23-16+/t18-/m0/s1. The minimum atomic E-state index is -0.438. The van der Waals surface area contributed by atoms with E-state index in [2.05, 4.69) is 39.9 Å². The van der Waals surface area contributed by atoms with Crippen LogP contribution in [0.5, 0.6) is 5.75 Å². The number of anilines is 1. The van der Waals surface area contributed by atoms with Crippen molar-refractivity contribution in [2.24, 2.45) is 0 Å². The van der Waals surface area contributed by atoms with E-state index in [9.17, 15) is 14.4 Å². The summed E-state index contributed by atoms with van der Waals surface area (Å²) in [6.07, 6.45) is 2.65. The van der Waals surface area contributed by atoms with Crippen molar-refractivity contribution in [3.05, 3.63) is 63.5 Å². The van der Waals surface area contributed by atoms with Crippen LogP contribution in [0.3, 0.4) is 0 Å². The van der Waals surface area contributed by atoms with Crippen LogP contribution < -0.4 is 9.64 Å². The van der Waals surface area contributed by atoms with Crippen molar-refractivity contribution in [1.29, 1.82) is 0 Å². The van der Waals surface area contributed by atoms with Crippen LogP contribution in [0.15, 0.2) is 57.9 Å². The van der Waals surface area contributed by atoms with Gasteiger partial charge in [-0.05, 0) is 76.9 Å². The number of thioether (sulfide) groups is 1. The third kappa shape index (κ3) is 6.08. The lowest BCUT2D eigenvalue weighted by molar-refractivity contribution is -0.136. The number of carbonyl (C=O) groups excluding carboxylic acids is 3. The zero-order chi connectivity index (χ0) is 24.9. The van der Waals surface area contributed by atoms with Gasteiger partial charge < -0.3 is 14.5 Å². The maximum Gasteiger partial charge on any atom is 0.294 e. The molecule has 2 fully saturated rings. The molecular formula is C26H28BrN3O4S. The second-order valence-electron chi connectivity index (χ2n) is 8.50. The minimum absolute atomic E-state index is 0.0903. The fourth-order valence-electron chi connectivity index (χ4n) is 3.88. The number of ether oxygens (including phenoxy) is 1. The SMILES string of the molecule is CC[C@H](C)Oc1ccc(/C=C2/SC(=O)N(CC(=O)N3CCN(c4ccccc4)CC3)C2=O)cc1Br. The normalized spacial score (nSPS) is 18.4. The molecule has 0 spiro atoms. The monoisotopic (exact) mass is 557 g/mol. The highest BCUT2D eigenvalue weighted by Gasteiger charge is 2.37. The Morgan fingerprint density at radius 2 is 1.83 bits per heavy atom. The molecule has 0 aliphatic carbocycles. The maximum absolute atomic E-state index is 12.9. The van der Waals surface area contributed by atoms with Gasteiger partial charge in [0.15, 0.2) is 0 Å². The fraction of sp³-hybridized carbons (Fsp3) is 0.346. The molecule has 7 nitrogen and oxygen atoms in total. The Labute approximate surface area is 218 Å². The van der Waals surface area contributed by atoms with E-state index in [1.54, 1.807) is 11.0 Å². The topological polar surface area (TPSA) is 70.2 Å². The van der Waals surface area contributed by atoms with E-state index in [0.29, 0.717) is 31.1 Å². The van der Waals surface area contributed by atoms with E-state index >= 15 is 0 Å². The van der Waals surface area contributed by atoms with E-state index in [-0.39, 0.29) is 18.6 Å². The molecule has 0 bridgehead atoms. The molecular weight excluding hydrogens is 530 g/mol. The summed E-state index contributed by atoms with van der Waals surface area (Å²) in [6.45, 7) is 6.35. The van der Waals surface area contributed by atoms with Crippen LogP contribution in [-0.2, 0) is 9.59 Å². The average molecular weight is 558 g/mol. The first-order valence-electron chi connectivity index (χ1n) is 11.6. The fourth-order valence-corrected chi connectivity index (χ4v) is 5.21. The van der Waals surface area contributed by atoms with Crippen molar-refractivity contribution < 1.29 is 19.1 Å². The van der Waals surface area contributed by atoms with Gasteiger partial charge in [-0.2, -0.15) is 0 Å². The number of imide groups is 1. The van der Waals surface area contributed by atoms with Crippen molar-refractivity contribution in [2.45, 2.75) is 26.4 Å². The van der Waals surface area contributed by atoms with Crippen molar-refractivity contribution in [2.75, 3.05) is 37.6 Å². The van der Waals surface area contributed by atoms with Gasteiger partial charge in [0.25, 0.3) is 11.1 Å². The summed E-state index contributed by atoms with van der Waals surface area (Å²) in [5, 5.41) is -0.423. The highest BCUT2D eigenvalue weighted by molar-refractivity contribution is 9.10. The van der Waals surface area contributed by atoms with E-state index in [4.69, 9.17) is 4.74 Å². The Morgan fingerprint density at radius 3 is 2.49 bits per heavy atom. The average Bonchev–Trinajstić information content (AvgIpc) is 3.13. The summed E-state index contributed by atoms with van der Waals surface area (Å²) >= 11 is 4.37. The Morgan fingerprint density at radius 1 is 1.11 bits per heavy atom. The Bertz CT molecular complexity index is 1130. The third-order valence-corrected chi connectivity index (χ3v) is 7.60. The van der Waals surface area contributed by atoms with Crippen LogP contribution in [0.25, 0.3) is 6.08 Å². The lowest BCUT2D eigenvalue weighted by atomic mass is 10.2.